The Labute approximate surface area is 98.3 Å². The first-order chi connectivity index (χ1) is 7.88. The van der Waals surface area contributed by atoms with E-state index in [1.165, 1.54) is 45.1 Å². The van der Waals surface area contributed by atoms with E-state index in [2.05, 4.69) is 10.6 Å². The van der Waals surface area contributed by atoms with Crippen molar-refractivity contribution in [2.45, 2.75) is 50.1 Å². The molecule has 2 heterocycles. The highest BCUT2D eigenvalue weighted by atomic mass is 16.5. The largest absolute Gasteiger partial charge is 0.379 e. The van der Waals surface area contributed by atoms with E-state index in [0.29, 0.717) is 0 Å². The van der Waals surface area contributed by atoms with E-state index in [1.54, 1.807) is 0 Å². The first-order valence-corrected chi connectivity index (χ1v) is 6.94. The maximum absolute atomic E-state index is 5.70. The van der Waals surface area contributed by atoms with Crippen molar-refractivity contribution in [2.24, 2.45) is 5.92 Å². The van der Waals surface area contributed by atoms with Gasteiger partial charge in [0.05, 0.1) is 12.1 Å². The van der Waals surface area contributed by atoms with Gasteiger partial charge in [0.25, 0.3) is 0 Å². The molecule has 2 N–H and O–H groups in total. The first-order valence-electron chi connectivity index (χ1n) is 6.94. The Balaban J connectivity index is 1.71. The number of fused-ring (bicyclic) bond motifs is 1. The van der Waals surface area contributed by atoms with Gasteiger partial charge in [0.2, 0.25) is 0 Å². The smallest absolute Gasteiger partial charge is 0.0660 e. The molecule has 0 amide bonds. The zero-order valence-electron chi connectivity index (χ0n) is 10.1. The fourth-order valence-corrected chi connectivity index (χ4v) is 3.69. The van der Waals surface area contributed by atoms with Crippen LogP contribution in [0.2, 0.25) is 0 Å². The molecule has 1 saturated carbocycles. The Bertz CT molecular complexity index is 238. The van der Waals surface area contributed by atoms with Crippen LogP contribution >= 0.6 is 0 Å². The molecule has 3 aliphatic rings. The predicted molar refractivity (Wildman–Crippen MR) is 64.5 cm³/mol. The van der Waals surface area contributed by atoms with Crippen LogP contribution in [0.5, 0.6) is 0 Å². The zero-order valence-corrected chi connectivity index (χ0v) is 10.1. The maximum atomic E-state index is 5.70. The third-order valence-electron chi connectivity index (χ3n) is 4.59. The Morgan fingerprint density at radius 1 is 1.12 bits per heavy atom. The number of rotatable bonds is 0. The van der Waals surface area contributed by atoms with Crippen LogP contribution in [0.3, 0.4) is 0 Å². The summed E-state index contributed by atoms with van der Waals surface area (Å²) in [6.45, 7) is 4.17. The van der Waals surface area contributed by atoms with Gasteiger partial charge in [0.1, 0.15) is 0 Å². The summed E-state index contributed by atoms with van der Waals surface area (Å²) in [6.07, 6.45) is 8.10. The molecule has 3 atom stereocenters. The Hall–Kier alpha value is -0.120. The van der Waals surface area contributed by atoms with Crippen LogP contribution in [-0.2, 0) is 4.74 Å². The molecule has 3 heteroatoms. The predicted octanol–water partition coefficient (Wildman–Crippen LogP) is 1.29. The topological polar surface area (TPSA) is 33.3 Å². The van der Waals surface area contributed by atoms with Crippen molar-refractivity contribution in [3.05, 3.63) is 0 Å². The summed E-state index contributed by atoms with van der Waals surface area (Å²) in [7, 11) is 0. The Kier molecular flexibility index (Phi) is 3.18. The van der Waals surface area contributed by atoms with Gasteiger partial charge in [0, 0.05) is 19.2 Å². The number of ether oxygens (including phenoxy) is 1. The number of nitrogens with one attached hydrogen (secondary N) is 2. The standard InChI is InChI=1S/C13H24N2O/c1-2-5-12-11(4-1)8-14-9-13(15-12)6-3-7-16-10-13/h11-12,14-15H,1-10H2. The normalized spacial score (nSPS) is 45.0. The summed E-state index contributed by atoms with van der Waals surface area (Å²) in [5, 5.41) is 7.61. The highest BCUT2D eigenvalue weighted by Gasteiger charge is 2.39. The molecule has 3 nitrogen and oxygen atoms in total. The first kappa shape index (κ1) is 11.0. The van der Waals surface area contributed by atoms with Gasteiger partial charge in [0.15, 0.2) is 0 Å². The fourth-order valence-electron chi connectivity index (χ4n) is 3.69. The summed E-state index contributed by atoms with van der Waals surface area (Å²) in [6, 6.07) is 0.741. The van der Waals surface area contributed by atoms with Gasteiger partial charge in [-0.15, -0.1) is 0 Å². The molecular weight excluding hydrogens is 200 g/mol. The quantitative estimate of drug-likeness (QED) is 0.650. The van der Waals surface area contributed by atoms with E-state index < -0.39 is 0 Å². The van der Waals surface area contributed by atoms with E-state index in [4.69, 9.17) is 4.74 Å². The molecule has 1 spiro atoms. The van der Waals surface area contributed by atoms with Gasteiger partial charge in [-0.2, -0.15) is 0 Å². The molecule has 1 aliphatic carbocycles. The summed E-state index contributed by atoms with van der Waals surface area (Å²) in [5.74, 6) is 0.857. The van der Waals surface area contributed by atoms with E-state index >= 15 is 0 Å². The molecule has 3 unspecified atom stereocenters. The van der Waals surface area contributed by atoms with Gasteiger partial charge < -0.3 is 15.4 Å². The molecule has 0 aromatic heterocycles. The zero-order chi connectivity index (χ0) is 10.8. The molecule has 3 fully saturated rings. The SMILES string of the molecule is C1CCC2NC3(CCCOC3)CNCC2C1. The van der Waals surface area contributed by atoms with Crippen molar-refractivity contribution in [3.8, 4) is 0 Å². The van der Waals surface area contributed by atoms with Crippen molar-refractivity contribution in [3.63, 3.8) is 0 Å². The Morgan fingerprint density at radius 2 is 2.06 bits per heavy atom. The highest BCUT2D eigenvalue weighted by Crippen LogP contribution is 2.30. The van der Waals surface area contributed by atoms with Crippen LogP contribution < -0.4 is 10.6 Å². The lowest BCUT2D eigenvalue weighted by atomic mass is 9.83. The molecule has 92 valence electrons. The molecule has 0 bridgehead atoms. The number of hydrogen-bond donors (Lipinski definition) is 2. The van der Waals surface area contributed by atoms with Crippen LogP contribution in [0.4, 0.5) is 0 Å². The maximum Gasteiger partial charge on any atom is 0.0660 e. The van der Waals surface area contributed by atoms with E-state index in [1.807, 2.05) is 0 Å². The lowest BCUT2D eigenvalue weighted by Crippen LogP contribution is -2.59. The van der Waals surface area contributed by atoms with Crippen LogP contribution in [0.1, 0.15) is 38.5 Å². The summed E-state index contributed by atoms with van der Waals surface area (Å²) in [4.78, 5) is 0. The summed E-state index contributed by atoms with van der Waals surface area (Å²) >= 11 is 0. The molecule has 0 radical (unpaired) electrons. The van der Waals surface area contributed by atoms with Crippen LogP contribution in [-0.4, -0.2) is 37.9 Å². The van der Waals surface area contributed by atoms with Gasteiger partial charge in [-0.05, 0) is 38.1 Å². The van der Waals surface area contributed by atoms with E-state index in [9.17, 15) is 0 Å². The van der Waals surface area contributed by atoms with Crippen molar-refractivity contribution in [2.75, 3.05) is 26.3 Å². The minimum atomic E-state index is 0.245. The number of hydrogen-bond acceptors (Lipinski definition) is 3. The molecule has 3 rings (SSSR count). The lowest BCUT2D eigenvalue weighted by Gasteiger charge is -2.41. The minimum Gasteiger partial charge on any atom is -0.379 e. The van der Waals surface area contributed by atoms with Crippen molar-refractivity contribution in [1.29, 1.82) is 0 Å². The van der Waals surface area contributed by atoms with Crippen LogP contribution in [0.15, 0.2) is 0 Å². The summed E-state index contributed by atoms with van der Waals surface area (Å²) in [5.41, 5.74) is 0.245. The van der Waals surface area contributed by atoms with Gasteiger partial charge >= 0.3 is 0 Å². The van der Waals surface area contributed by atoms with E-state index in [-0.39, 0.29) is 5.54 Å². The van der Waals surface area contributed by atoms with Crippen LogP contribution in [0.25, 0.3) is 0 Å². The lowest BCUT2D eigenvalue weighted by molar-refractivity contribution is 0.0153. The average molecular weight is 224 g/mol. The van der Waals surface area contributed by atoms with E-state index in [0.717, 1.165) is 31.7 Å². The van der Waals surface area contributed by atoms with Gasteiger partial charge in [-0.1, -0.05) is 12.8 Å². The monoisotopic (exact) mass is 224 g/mol. The molecule has 2 saturated heterocycles. The third-order valence-corrected chi connectivity index (χ3v) is 4.59. The second-order valence-corrected chi connectivity index (χ2v) is 5.86. The molecule has 0 aromatic carbocycles. The van der Waals surface area contributed by atoms with Crippen molar-refractivity contribution in [1.82, 2.24) is 10.6 Å². The molecule has 0 aromatic rings. The summed E-state index contributed by atoms with van der Waals surface area (Å²) < 4.78 is 5.70. The second kappa shape index (κ2) is 4.63. The molecule has 16 heavy (non-hydrogen) atoms. The fraction of sp³-hybridized carbons (Fsp3) is 1.00. The van der Waals surface area contributed by atoms with Crippen molar-refractivity contribution >= 4 is 0 Å². The molecule has 2 aliphatic heterocycles. The highest BCUT2D eigenvalue weighted by molar-refractivity contribution is 4.99. The minimum absolute atomic E-state index is 0.245. The Morgan fingerprint density at radius 3 is 2.94 bits per heavy atom. The average Bonchev–Trinajstić information content (AvgIpc) is 2.49. The second-order valence-electron chi connectivity index (χ2n) is 5.86. The van der Waals surface area contributed by atoms with Gasteiger partial charge in [-0.3, -0.25) is 0 Å². The van der Waals surface area contributed by atoms with Gasteiger partial charge in [-0.25, -0.2) is 0 Å². The molecular formula is C13H24N2O. The van der Waals surface area contributed by atoms with Crippen LogP contribution in [0, 0.1) is 5.92 Å². The van der Waals surface area contributed by atoms with Crippen molar-refractivity contribution < 1.29 is 4.74 Å². The third kappa shape index (κ3) is 2.13.